The molecule has 0 radical (unpaired) electrons. The molecule has 0 saturated carbocycles. The summed E-state index contributed by atoms with van der Waals surface area (Å²) in [7, 11) is 3.50. The average molecular weight is 282 g/mol. The summed E-state index contributed by atoms with van der Waals surface area (Å²) in [6.07, 6.45) is 0. The highest BCUT2D eigenvalue weighted by atomic mass is 35.5. The van der Waals surface area contributed by atoms with Gasteiger partial charge in [0.1, 0.15) is 0 Å². The monoisotopic (exact) mass is 281 g/mol. The average Bonchev–Trinajstić information content (AvgIpc) is 2.52. The molecule has 19 heavy (non-hydrogen) atoms. The number of nitrogens with two attached hydrogens (primary N) is 1. The van der Waals surface area contributed by atoms with Crippen LogP contribution in [-0.2, 0) is 14.1 Å². The minimum atomic E-state index is -0.181. The summed E-state index contributed by atoms with van der Waals surface area (Å²) >= 11 is 6.33. The lowest BCUT2D eigenvalue weighted by molar-refractivity contribution is 0.327. The smallest absolute Gasteiger partial charge is 0.323 e. The van der Waals surface area contributed by atoms with Crippen LogP contribution in [0.1, 0.15) is 32.4 Å². The van der Waals surface area contributed by atoms with E-state index in [9.17, 15) is 4.79 Å². The van der Waals surface area contributed by atoms with E-state index >= 15 is 0 Å². The lowest BCUT2D eigenvalue weighted by Crippen LogP contribution is -2.26. The Balaban J connectivity index is 2.76. The van der Waals surface area contributed by atoms with Gasteiger partial charge < -0.3 is 5.73 Å². The van der Waals surface area contributed by atoms with Gasteiger partial charge in [-0.3, -0.25) is 9.13 Å². The van der Waals surface area contributed by atoms with Crippen LogP contribution in [0.3, 0.4) is 0 Å². The van der Waals surface area contributed by atoms with Gasteiger partial charge in [-0.1, -0.05) is 32.4 Å². The van der Waals surface area contributed by atoms with E-state index in [1.165, 1.54) is 0 Å². The molecular formula is C14H20ClN3O. The van der Waals surface area contributed by atoms with E-state index in [0.717, 1.165) is 16.6 Å². The SMILES string of the molecule is Cn1c(=O)n(C)c2cc(C(N)C(C)(C)C)c(Cl)cc21. The minimum absolute atomic E-state index is 0.0625. The molecule has 0 spiro atoms. The molecule has 0 fully saturated rings. The van der Waals surface area contributed by atoms with Gasteiger partial charge in [0.25, 0.3) is 0 Å². The molecule has 0 amide bonds. The maximum atomic E-state index is 11.9. The van der Waals surface area contributed by atoms with Gasteiger partial charge in [-0.25, -0.2) is 4.79 Å². The molecule has 0 aliphatic heterocycles. The lowest BCUT2D eigenvalue weighted by Gasteiger charge is -2.28. The first-order valence-corrected chi connectivity index (χ1v) is 6.63. The number of aryl methyl sites for hydroxylation is 2. The van der Waals surface area contributed by atoms with Gasteiger partial charge in [0.05, 0.1) is 11.0 Å². The highest BCUT2D eigenvalue weighted by Crippen LogP contribution is 2.36. The zero-order valence-electron chi connectivity index (χ0n) is 12.0. The third-order valence-electron chi connectivity index (χ3n) is 3.66. The molecular weight excluding hydrogens is 262 g/mol. The van der Waals surface area contributed by atoms with Crippen molar-refractivity contribution in [3.8, 4) is 0 Å². The largest absolute Gasteiger partial charge is 0.328 e. The molecule has 0 bridgehead atoms. The summed E-state index contributed by atoms with van der Waals surface area (Å²) in [4.78, 5) is 11.9. The number of benzene rings is 1. The summed E-state index contributed by atoms with van der Waals surface area (Å²) in [6.45, 7) is 6.21. The van der Waals surface area contributed by atoms with Gasteiger partial charge in [-0.05, 0) is 23.1 Å². The quantitative estimate of drug-likeness (QED) is 0.873. The van der Waals surface area contributed by atoms with Crippen LogP contribution in [0.25, 0.3) is 11.0 Å². The maximum absolute atomic E-state index is 11.9. The number of aromatic nitrogens is 2. The second-order valence-electron chi connectivity index (χ2n) is 6.11. The van der Waals surface area contributed by atoms with Gasteiger partial charge in [-0.2, -0.15) is 0 Å². The normalized spacial score (nSPS) is 14.1. The predicted octanol–water partition coefficient (Wildman–Crippen LogP) is 2.58. The molecule has 2 rings (SSSR count). The fraction of sp³-hybridized carbons (Fsp3) is 0.500. The Bertz CT molecular complexity index is 691. The van der Waals surface area contributed by atoms with Crippen LogP contribution < -0.4 is 11.4 Å². The van der Waals surface area contributed by atoms with Crippen molar-refractivity contribution >= 4 is 22.6 Å². The molecule has 2 aromatic rings. The maximum Gasteiger partial charge on any atom is 0.328 e. The van der Waals surface area contributed by atoms with Crippen molar-refractivity contribution in [1.82, 2.24) is 9.13 Å². The standard InChI is InChI=1S/C14H20ClN3O/c1-14(2,3)12(16)8-6-10-11(7-9(8)15)18(5)13(19)17(10)4/h6-7,12H,16H2,1-5H3. The van der Waals surface area contributed by atoms with Crippen LogP contribution in [0.2, 0.25) is 5.02 Å². The van der Waals surface area contributed by atoms with Crippen LogP contribution in [0.4, 0.5) is 0 Å². The molecule has 1 atom stereocenters. The number of halogens is 1. The second-order valence-corrected chi connectivity index (χ2v) is 6.51. The first kappa shape index (κ1) is 14.2. The van der Waals surface area contributed by atoms with Gasteiger partial charge in [0.15, 0.2) is 0 Å². The summed E-state index contributed by atoms with van der Waals surface area (Å²) in [6, 6.07) is 3.56. The fourth-order valence-electron chi connectivity index (χ4n) is 2.24. The summed E-state index contributed by atoms with van der Waals surface area (Å²) in [5, 5.41) is 0.608. The lowest BCUT2D eigenvalue weighted by atomic mass is 9.83. The van der Waals surface area contributed by atoms with Crippen molar-refractivity contribution < 1.29 is 0 Å². The fourth-order valence-corrected chi connectivity index (χ4v) is 2.52. The molecule has 1 heterocycles. The van der Waals surface area contributed by atoms with E-state index in [2.05, 4.69) is 20.8 Å². The first-order valence-electron chi connectivity index (χ1n) is 6.25. The highest BCUT2D eigenvalue weighted by Gasteiger charge is 2.25. The summed E-state index contributed by atoms with van der Waals surface area (Å²) in [5.41, 5.74) is 8.68. The van der Waals surface area contributed by atoms with Crippen LogP contribution in [0, 0.1) is 5.41 Å². The van der Waals surface area contributed by atoms with Crippen molar-refractivity contribution in [2.75, 3.05) is 0 Å². The Hall–Kier alpha value is -1.26. The van der Waals surface area contributed by atoms with Crippen molar-refractivity contribution in [2.45, 2.75) is 26.8 Å². The predicted molar refractivity (Wildman–Crippen MR) is 79.6 cm³/mol. The Labute approximate surface area is 117 Å². The third-order valence-corrected chi connectivity index (χ3v) is 3.99. The van der Waals surface area contributed by atoms with Crippen molar-refractivity contribution in [3.05, 3.63) is 33.2 Å². The topological polar surface area (TPSA) is 53.0 Å². The zero-order chi connectivity index (χ0) is 14.5. The van der Waals surface area contributed by atoms with Gasteiger partial charge in [0.2, 0.25) is 0 Å². The van der Waals surface area contributed by atoms with Crippen LogP contribution in [-0.4, -0.2) is 9.13 Å². The number of nitrogens with zero attached hydrogens (tertiary/aromatic N) is 2. The van der Waals surface area contributed by atoms with E-state index < -0.39 is 0 Å². The van der Waals surface area contributed by atoms with Crippen molar-refractivity contribution in [3.63, 3.8) is 0 Å². The van der Waals surface area contributed by atoms with Crippen molar-refractivity contribution in [1.29, 1.82) is 0 Å². The Morgan fingerprint density at radius 1 is 1.16 bits per heavy atom. The molecule has 0 saturated heterocycles. The third kappa shape index (κ3) is 2.19. The van der Waals surface area contributed by atoms with E-state index in [1.54, 1.807) is 23.2 Å². The molecule has 104 valence electrons. The number of hydrogen-bond donors (Lipinski definition) is 1. The molecule has 0 aliphatic rings. The molecule has 0 aliphatic carbocycles. The molecule has 1 unspecified atom stereocenters. The molecule has 1 aromatic heterocycles. The number of hydrogen-bond acceptors (Lipinski definition) is 2. The summed E-state index contributed by atoms with van der Waals surface area (Å²) in [5.74, 6) is 0. The molecule has 4 nitrogen and oxygen atoms in total. The minimum Gasteiger partial charge on any atom is -0.323 e. The van der Waals surface area contributed by atoms with E-state index in [4.69, 9.17) is 17.3 Å². The van der Waals surface area contributed by atoms with Gasteiger partial charge in [0, 0.05) is 25.2 Å². The summed E-state index contributed by atoms with van der Waals surface area (Å²) < 4.78 is 3.21. The van der Waals surface area contributed by atoms with Crippen LogP contribution >= 0.6 is 11.6 Å². The molecule has 1 aromatic carbocycles. The first-order chi connectivity index (χ1) is 8.64. The molecule has 2 N–H and O–H groups in total. The van der Waals surface area contributed by atoms with Gasteiger partial charge in [-0.15, -0.1) is 0 Å². The zero-order valence-corrected chi connectivity index (χ0v) is 12.7. The number of imidazole rings is 1. The van der Waals surface area contributed by atoms with Gasteiger partial charge >= 0.3 is 5.69 Å². The Kier molecular flexibility index (Phi) is 3.27. The van der Waals surface area contributed by atoms with E-state index in [0.29, 0.717) is 5.02 Å². The number of rotatable bonds is 1. The van der Waals surface area contributed by atoms with Crippen LogP contribution in [0.15, 0.2) is 16.9 Å². The van der Waals surface area contributed by atoms with Crippen LogP contribution in [0.5, 0.6) is 0 Å². The highest BCUT2D eigenvalue weighted by molar-refractivity contribution is 6.32. The molecule has 5 heteroatoms. The number of fused-ring (bicyclic) bond motifs is 1. The Morgan fingerprint density at radius 2 is 1.63 bits per heavy atom. The Morgan fingerprint density at radius 3 is 2.11 bits per heavy atom. The van der Waals surface area contributed by atoms with E-state index in [1.807, 2.05) is 12.1 Å². The van der Waals surface area contributed by atoms with Crippen molar-refractivity contribution in [2.24, 2.45) is 25.2 Å². The van der Waals surface area contributed by atoms with E-state index in [-0.39, 0.29) is 17.1 Å². The second kappa shape index (κ2) is 4.39.